The molecule has 28 valence electrons. The molecule has 0 N–H and O–H groups in total. The summed E-state index contributed by atoms with van der Waals surface area (Å²) in [6.07, 6.45) is 1.20. The fourth-order valence-corrected chi connectivity index (χ4v) is 0.267. The van der Waals surface area contributed by atoms with E-state index in [-0.39, 0.29) is 0 Å². The van der Waals surface area contributed by atoms with Crippen LogP contribution in [0.2, 0.25) is 0 Å². The molecule has 0 aliphatic heterocycles. The first-order chi connectivity index (χ1) is 2.41. The average Bonchev–Trinajstić information content (AvgIpc) is 1.41. The van der Waals surface area contributed by atoms with Gasteiger partial charge in [0.1, 0.15) is 0 Å². The summed E-state index contributed by atoms with van der Waals surface area (Å²) in [6.45, 7) is 3.17. The standard InChI is InChI=1S/C2H4O.Bi.O/c1-2-3;;/h2-3H,1H2;;/q;+1;/p-1. The SMILES string of the molecule is C=C[O][Bi]=[O]. The maximum absolute atomic E-state index is 9.42. The summed E-state index contributed by atoms with van der Waals surface area (Å²) in [5.41, 5.74) is 0. The van der Waals surface area contributed by atoms with Crippen LogP contribution in [0.1, 0.15) is 0 Å². The van der Waals surface area contributed by atoms with E-state index < -0.39 is 23.7 Å². The van der Waals surface area contributed by atoms with E-state index in [2.05, 4.69) is 9.39 Å². The Labute approximate surface area is 42.5 Å². The number of hydrogen-bond acceptors (Lipinski definition) is 2. The second-order valence-corrected chi connectivity index (χ2v) is 1.75. The van der Waals surface area contributed by atoms with Crippen LogP contribution in [0.25, 0.3) is 0 Å². The Morgan fingerprint density at radius 2 is 2.60 bits per heavy atom. The molecule has 0 aromatic carbocycles. The molecule has 3 heteroatoms. The zero-order valence-electron chi connectivity index (χ0n) is 2.55. The molecule has 0 unspecified atom stereocenters. The van der Waals surface area contributed by atoms with E-state index in [4.69, 9.17) is 0 Å². The minimum atomic E-state index is -1.73. The third-order valence-electron chi connectivity index (χ3n) is 0.118. The molecular formula is C2H3BiO2. The fraction of sp³-hybridized carbons (Fsp3) is 0. The van der Waals surface area contributed by atoms with Gasteiger partial charge < -0.3 is 0 Å². The van der Waals surface area contributed by atoms with Crippen LogP contribution >= 0.6 is 0 Å². The Bertz CT molecular complexity index is 36.9. The number of hydrogen-bond donors (Lipinski definition) is 0. The van der Waals surface area contributed by atoms with E-state index in [0.717, 1.165) is 0 Å². The van der Waals surface area contributed by atoms with Gasteiger partial charge in [0.25, 0.3) is 0 Å². The third-order valence-corrected chi connectivity index (χ3v) is 1.03. The Kier molecular flexibility index (Phi) is 4.41. The quantitative estimate of drug-likeness (QED) is 0.525. The van der Waals surface area contributed by atoms with Crippen molar-refractivity contribution in [1.82, 2.24) is 0 Å². The summed E-state index contributed by atoms with van der Waals surface area (Å²) in [7, 11) is 0. The van der Waals surface area contributed by atoms with Crippen LogP contribution in [0.3, 0.4) is 0 Å². The van der Waals surface area contributed by atoms with E-state index in [9.17, 15) is 2.81 Å². The Morgan fingerprint density at radius 3 is 2.60 bits per heavy atom. The van der Waals surface area contributed by atoms with Gasteiger partial charge in [-0.05, 0) is 0 Å². The van der Waals surface area contributed by atoms with Crippen molar-refractivity contribution in [3.63, 3.8) is 0 Å². The summed E-state index contributed by atoms with van der Waals surface area (Å²) >= 11 is -1.73. The van der Waals surface area contributed by atoms with Crippen LogP contribution in [-0.2, 0) is 5.63 Å². The van der Waals surface area contributed by atoms with Crippen molar-refractivity contribution in [2.75, 3.05) is 0 Å². The van der Waals surface area contributed by atoms with E-state index in [1.807, 2.05) is 0 Å². The number of rotatable bonds is 2. The van der Waals surface area contributed by atoms with Crippen LogP contribution in [0.4, 0.5) is 0 Å². The van der Waals surface area contributed by atoms with Crippen molar-refractivity contribution in [2.24, 2.45) is 0 Å². The summed E-state index contributed by atoms with van der Waals surface area (Å²) < 4.78 is 13.6. The van der Waals surface area contributed by atoms with Gasteiger partial charge in [0.05, 0.1) is 0 Å². The van der Waals surface area contributed by atoms with Gasteiger partial charge in [0.2, 0.25) is 0 Å². The second kappa shape index (κ2) is 4.22. The molecule has 0 atom stereocenters. The molecular weight excluding hydrogens is 265 g/mol. The van der Waals surface area contributed by atoms with Gasteiger partial charge in [-0.3, -0.25) is 0 Å². The second-order valence-electron chi connectivity index (χ2n) is 0.347. The molecule has 0 bridgehead atoms. The predicted octanol–water partition coefficient (Wildman–Crippen LogP) is 0.111. The van der Waals surface area contributed by atoms with Gasteiger partial charge in [0.15, 0.2) is 0 Å². The predicted molar refractivity (Wildman–Crippen MR) is 17.7 cm³/mol. The monoisotopic (exact) mass is 268 g/mol. The van der Waals surface area contributed by atoms with Gasteiger partial charge in [-0.15, -0.1) is 0 Å². The Hall–Kier alpha value is 0.223. The molecule has 0 amide bonds. The maximum atomic E-state index is 9.42. The van der Waals surface area contributed by atoms with Crippen LogP contribution in [-0.4, -0.2) is 23.7 Å². The fourth-order valence-electron chi connectivity index (χ4n) is 0.0304. The van der Waals surface area contributed by atoms with E-state index >= 15 is 0 Å². The third kappa shape index (κ3) is 4.22. The van der Waals surface area contributed by atoms with Gasteiger partial charge in [-0.1, -0.05) is 0 Å². The van der Waals surface area contributed by atoms with Crippen molar-refractivity contribution in [1.29, 1.82) is 0 Å². The summed E-state index contributed by atoms with van der Waals surface area (Å²) in [6, 6.07) is 0. The Morgan fingerprint density at radius 1 is 2.00 bits per heavy atom. The molecule has 2 nitrogen and oxygen atoms in total. The molecule has 5 heavy (non-hydrogen) atoms. The molecule has 0 rings (SSSR count). The first kappa shape index (κ1) is 5.22. The molecule has 0 aliphatic rings. The molecule has 0 aromatic heterocycles. The van der Waals surface area contributed by atoms with Gasteiger partial charge in [-0.2, -0.15) is 0 Å². The summed E-state index contributed by atoms with van der Waals surface area (Å²) in [5.74, 6) is 0. The molecule has 0 aromatic rings. The van der Waals surface area contributed by atoms with Gasteiger partial charge in [0, 0.05) is 0 Å². The molecule has 0 radical (unpaired) electrons. The van der Waals surface area contributed by atoms with Gasteiger partial charge >= 0.3 is 42.1 Å². The molecule has 0 heterocycles. The van der Waals surface area contributed by atoms with Crippen molar-refractivity contribution < 1.29 is 5.63 Å². The van der Waals surface area contributed by atoms with Crippen LogP contribution in [0.15, 0.2) is 12.8 Å². The van der Waals surface area contributed by atoms with E-state index in [0.29, 0.717) is 0 Å². The topological polar surface area (TPSA) is 26.3 Å². The van der Waals surface area contributed by atoms with Crippen molar-refractivity contribution in [3.05, 3.63) is 12.8 Å². The summed E-state index contributed by atoms with van der Waals surface area (Å²) in [5, 5.41) is 0. The zero-order valence-corrected chi connectivity index (χ0v) is 6.03. The van der Waals surface area contributed by atoms with Crippen LogP contribution < -0.4 is 0 Å². The van der Waals surface area contributed by atoms with E-state index in [1.54, 1.807) is 0 Å². The zero-order chi connectivity index (χ0) is 4.12. The van der Waals surface area contributed by atoms with Crippen LogP contribution in [0.5, 0.6) is 0 Å². The van der Waals surface area contributed by atoms with Crippen LogP contribution in [0, 0.1) is 0 Å². The van der Waals surface area contributed by atoms with Crippen molar-refractivity contribution in [2.45, 2.75) is 0 Å². The molecule has 0 saturated heterocycles. The minimum absolute atomic E-state index is 1.20. The van der Waals surface area contributed by atoms with Gasteiger partial charge in [-0.25, -0.2) is 0 Å². The Balaban J connectivity index is 2.65. The summed E-state index contributed by atoms with van der Waals surface area (Å²) in [4.78, 5) is 0. The van der Waals surface area contributed by atoms with E-state index in [1.165, 1.54) is 6.26 Å². The first-order valence-electron chi connectivity index (χ1n) is 1.01. The normalized spacial score (nSPS) is 5.60. The molecule has 0 fully saturated rings. The molecule has 0 saturated carbocycles. The molecule has 0 spiro atoms. The first-order valence-corrected chi connectivity index (χ1v) is 3.85. The molecule has 0 aliphatic carbocycles. The van der Waals surface area contributed by atoms with Crippen molar-refractivity contribution >= 4 is 23.7 Å². The average molecular weight is 268 g/mol. The van der Waals surface area contributed by atoms with Crippen molar-refractivity contribution in [3.8, 4) is 0 Å².